The van der Waals surface area contributed by atoms with E-state index in [1.54, 1.807) is 36.4 Å². The third kappa shape index (κ3) is 4.25. The van der Waals surface area contributed by atoms with Gasteiger partial charge in [-0.25, -0.2) is 8.42 Å². The van der Waals surface area contributed by atoms with Crippen LogP contribution >= 0.6 is 0 Å². The van der Waals surface area contributed by atoms with Gasteiger partial charge in [-0.1, -0.05) is 37.5 Å². The van der Waals surface area contributed by atoms with Gasteiger partial charge in [-0.15, -0.1) is 0 Å². The Morgan fingerprint density at radius 1 is 0.971 bits per heavy atom. The van der Waals surface area contributed by atoms with Crippen molar-refractivity contribution in [1.29, 1.82) is 0 Å². The molecule has 0 bridgehead atoms. The molecule has 0 aromatic heterocycles. The number of aliphatic hydroxyl groups excluding tert-OH is 2. The third-order valence-corrected chi connectivity index (χ3v) is 8.76. The average Bonchev–Trinajstić information content (AvgIpc) is 3.09. The van der Waals surface area contributed by atoms with Gasteiger partial charge in [-0.05, 0) is 37.1 Å². The van der Waals surface area contributed by atoms with E-state index in [9.17, 15) is 18.6 Å². The Bertz CT molecular complexity index is 1130. The van der Waals surface area contributed by atoms with Crippen molar-refractivity contribution in [2.75, 3.05) is 13.7 Å². The van der Waals surface area contributed by atoms with Crippen LogP contribution in [0.5, 0.6) is 5.75 Å². The minimum Gasteiger partial charge on any atom is -0.482 e. The highest BCUT2D eigenvalue weighted by atomic mass is 32.2. The van der Waals surface area contributed by atoms with E-state index in [1.165, 1.54) is 19.6 Å². The molecule has 2 heterocycles. The molecule has 0 unspecified atom stereocenters. The van der Waals surface area contributed by atoms with Crippen molar-refractivity contribution < 1.29 is 37.6 Å². The molecule has 1 saturated heterocycles. The molecule has 184 valence electrons. The number of fused-ring (bicyclic) bond motifs is 3. The van der Waals surface area contributed by atoms with E-state index < -0.39 is 40.5 Å². The van der Waals surface area contributed by atoms with Crippen molar-refractivity contribution in [2.24, 2.45) is 0 Å². The van der Waals surface area contributed by atoms with E-state index in [0.717, 1.165) is 25.7 Å². The smallest absolute Gasteiger partial charge is 0.207 e. The number of benzene rings is 2. The van der Waals surface area contributed by atoms with Crippen molar-refractivity contribution in [3.8, 4) is 16.9 Å². The molecule has 2 aromatic carbocycles. The van der Waals surface area contributed by atoms with Gasteiger partial charge in [0.2, 0.25) is 9.84 Å². The molecule has 9 heteroatoms. The number of hydrogen-bond acceptors (Lipinski definition) is 8. The molecular formula is C25H30O8S. The van der Waals surface area contributed by atoms with Gasteiger partial charge in [0.15, 0.2) is 12.4 Å². The van der Waals surface area contributed by atoms with Crippen molar-refractivity contribution >= 4 is 9.84 Å². The minimum absolute atomic E-state index is 0.133. The Kier molecular flexibility index (Phi) is 6.67. The summed E-state index contributed by atoms with van der Waals surface area (Å²) >= 11 is 0. The first-order chi connectivity index (χ1) is 16.4. The molecular weight excluding hydrogens is 460 g/mol. The van der Waals surface area contributed by atoms with Crippen LogP contribution in [0.15, 0.2) is 52.3 Å². The Morgan fingerprint density at radius 3 is 2.47 bits per heavy atom. The lowest BCUT2D eigenvalue weighted by Gasteiger charge is -2.42. The summed E-state index contributed by atoms with van der Waals surface area (Å²) in [6.45, 7) is 0.144. The first-order valence-corrected chi connectivity index (χ1v) is 13.2. The molecule has 0 radical (unpaired) electrons. The van der Waals surface area contributed by atoms with E-state index in [4.69, 9.17) is 18.9 Å². The zero-order chi connectivity index (χ0) is 23.9. The van der Waals surface area contributed by atoms with Gasteiger partial charge in [0.1, 0.15) is 24.1 Å². The number of sulfone groups is 1. The van der Waals surface area contributed by atoms with Crippen LogP contribution in [0.25, 0.3) is 11.1 Å². The van der Waals surface area contributed by atoms with Crippen LogP contribution in [0.4, 0.5) is 0 Å². The van der Waals surface area contributed by atoms with Gasteiger partial charge in [-0.2, -0.15) is 0 Å². The van der Waals surface area contributed by atoms with Crippen LogP contribution in [-0.4, -0.2) is 69.2 Å². The standard InChI is InChI=1S/C25H30O8S/c1-30-25-24(23(27)22(26)19(33-25)14-31-15-7-3-2-4-8-15)32-16-11-12-18-17-9-5-6-10-20(17)34(28,29)21(18)13-16/h5-6,9-13,15,19,22-27H,2-4,7-8,14H2,1H3/t19-,22-,23+,24-,25+/m1/s1. The maximum absolute atomic E-state index is 13.0. The van der Waals surface area contributed by atoms with Crippen LogP contribution in [0, 0.1) is 0 Å². The number of rotatable bonds is 6. The second-order valence-electron chi connectivity index (χ2n) is 9.09. The molecule has 8 nitrogen and oxygen atoms in total. The largest absolute Gasteiger partial charge is 0.482 e. The highest BCUT2D eigenvalue weighted by molar-refractivity contribution is 7.92. The Balaban J connectivity index is 1.31. The quantitative estimate of drug-likeness (QED) is 0.543. The zero-order valence-corrected chi connectivity index (χ0v) is 19.8. The van der Waals surface area contributed by atoms with Gasteiger partial charge in [0, 0.05) is 18.2 Å². The molecule has 1 aliphatic carbocycles. The summed E-state index contributed by atoms with van der Waals surface area (Å²) in [6, 6.07) is 11.6. The number of aliphatic hydroxyl groups is 2. The monoisotopic (exact) mass is 490 g/mol. The van der Waals surface area contributed by atoms with Crippen LogP contribution < -0.4 is 4.74 Å². The van der Waals surface area contributed by atoms with E-state index in [-0.39, 0.29) is 28.3 Å². The van der Waals surface area contributed by atoms with E-state index in [0.29, 0.717) is 11.1 Å². The normalized spacial score (nSPS) is 30.5. The number of ether oxygens (including phenoxy) is 4. The molecule has 2 aromatic rings. The summed E-state index contributed by atoms with van der Waals surface area (Å²) in [5.74, 6) is 0.230. The SMILES string of the molecule is CO[C@H]1O[C@H](COC2CCCCC2)[C@@H](O)[C@H](O)[C@H]1Oc1ccc2c(c1)S(=O)(=O)c1ccccc1-2. The molecule has 0 spiro atoms. The Hall–Kier alpha value is -2.01. The summed E-state index contributed by atoms with van der Waals surface area (Å²) in [7, 11) is -2.24. The predicted octanol–water partition coefficient (Wildman–Crippen LogP) is 2.69. The highest BCUT2D eigenvalue weighted by Crippen LogP contribution is 2.44. The summed E-state index contributed by atoms with van der Waals surface area (Å²) in [6.07, 6.45) is 0.192. The van der Waals surface area contributed by atoms with Crippen molar-refractivity contribution in [3.05, 3.63) is 42.5 Å². The molecule has 3 aliphatic rings. The van der Waals surface area contributed by atoms with Gasteiger partial charge in [0.05, 0.1) is 22.5 Å². The Labute approximate surface area is 199 Å². The second-order valence-corrected chi connectivity index (χ2v) is 11.0. The minimum atomic E-state index is -3.67. The summed E-state index contributed by atoms with van der Waals surface area (Å²) < 4.78 is 49.1. The maximum atomic E-state index is 13.0. The lowest BCUT2D eigenvalue weighted by Crippen LogP contribution is -2.61. The van der Waals surface area contributed by atoms with Gasteiger partial charge < -0.3 is 29.2 Å². The van der Waals surface area contributed by atoms with Crippen LogP contribution in [0.2, 0.25) is 0 Å². The topological polar surface area (TPSA) is 112 Å². The van der Waals surface area contributed by atoms with E-state index in [1.807, 2.05) is 0 Å². The maximum Gasteiger partial charge on any atom is 0.207 e. The van der Waals surface area contributed by atoms with E-state index in [2.05, 4.69) is 0 Å². The lowest BCUT2D eigenvalue weighted by atomic mass is 9.97. The number of methoxy groups -OCH3 is 1. The third-order valence-electron chi connectivity index (χ3n) is 6.91. The predicted molar refractivity (Wildman–Crippen MR) is 122 cm³/mol. The van der Waals surface area contributed by atoms with Crippen LogP contribution in [0.3, 0.4) is 0 Å². The highest BCUT2D eigenvalue weighted by Gasteiger charge is 2.47. The molecule has 5 atom stereocenters. The van der Waals surface area contributed by atoms with Crippen LogP contribution in [0.1, 0.15) is 32.1 Å². The second kappa shape index (κ2) is 9.56. The van der Waals surface area contributed by atoms with Crippen molar-refractivity contribution in [2.45, 2.75) is 78.7 Å². The molecule has 1 saturated carbocycles. The first-order valence-electron chi connectivity index (χ1n) is 11.7. The molecule has 2 fully saturated rings. The van der Waals surface area contributed by atoms with Gasteiger partial charge in [-0.3, -0.25) is 0 Å². The summed E-state index contributed by atoms with van der Waals surface area (Å²) in [5.41, 5.74) is 1.25. The first kappa shape index (κ1) is 23.7. The fourth-order valence-electron chi connectivity index (χ4n) is 5.04. The van der Waals surface area contributed by atoms with Crippen molar-refractivity contribution in [3.63, 3.8) is 0 Å². The fourth-order valence-corrected chi connectivity index (χ4v) is 6.74. The molecule has 0 amide bonds. The molecule has 34 heavy (non-hydrogen) atoms. The van der Waals surface area contributed by atoms with Crippen molar-refractivity contribution in [1.82, 2.24) is 0 Å². The van der Waals surface area contributed by atoms with E-state index >= 15 is 0 Å². The summed E-state index contributed by atoms with van der Waals surface area (Å²) in [5, 5.41) is 21.5. The summed E-state index contributed by atoms with van der Waals surface area (Å²) in [4.78, 5) is 0.403. The molecule has 2 N–H and O–H groups in total. The lowest BCUT2D eigenvalue weighted by molar-refractivity contribution is -0.292. The number of hydrogen-bond donors (Lipinski definition) is 2. The van der Waals surface area contributed by atoms with Gasteiger partial charge >= 0.3 is 0 Å². The van der Waals surface area contributed by atoms with Crippen LogP contribution in [-0.2, 0) is 24.0 Å². The average molecular weight is 491 g/mol. The fraction of sp³-hybridized carbons (Fsp3) is 0.520. The molecule has 2 aliphatic heterocycles. The Morgan fingerprint density at radius 2 is 1.71 bits per heavy atom. The zero-order valence-electron chi connectivity index (χ0n) is 19.0. The molecule has 5 rings (SSSR count). The van der Waals surface area contributed by atoms with Gasteiger partial charge in [0.25, 0.3) is 0 Å².